The summed E-state index contributed by atoms with van der Waals surface area (Å²) in [5.74, 6) is -0.202. The summed E-state index contributed by atoms with van der Waals surface area (Å²) >= 11 is 9.49. The van der Waals surface area contributed by atoms with Crippen molar-refractivity contribution in [2.45, 2.75) is 0 Å². The zero-order valence-electron chi connectivity index (χ0n) is 10.7. The van der Waals surface area contributed by atoms with Gasteiger partial charge in [0.1, 0.15) is 0 Å². The Balaban J connectivity index is 2.00. The van der Waals surface area contributed by atoms with Crippen molar-refractivity contribution in [3.63, 3.8) is 0 Å². The summed E-state index contributed by atoms with van der Waals surface area (Å²) in [5.41, 5.74) is 1.69. The SMILES string of the molecule is O=C1OC(c2ccccc2Br)=NC1=Cc1ccccc1Cl. The number of nitrogens with zero attached hydrogens (tertiary/aromatic N) is 1. The minimum Gasteiger partial charge on any atom is -0.402 e. The third-order valence-corrected chi connectivity index (χ3v) is 3.96. The Labute approximate surface area is 135 Å². The van der Waals surface area contributed by atoms with Crippen molar-refractivity contribution in [3.8, 4) is 0 Å². The van der Waals surface area contributed by atoms with Gasteiger partial charge in [0, 0.05) is 9.50 Å². The number of aliphatic imine (C=N–C) groups is 1. The number of halogens is 2. The highest BCUT2D eigenvalue weighted by atomic mass is 79.9. The second kappa shape index (κ2) is 5.84. The normalized spacial score (nSPS) is 16.0. The number of benzene rings is 2. The van der Waals surface area contributed by atoms with Gasteiger partial charge in [0.15, 0.2) is 5.70 Å². The highest BCUT2D eigenvalue weighted by Crippen LogP contribution is 2.25. The molecule has 0 saturated heterocycles. The van der Waals surface area contributed by atoms with E-state index in [0.29, 0.717) is 5.02 Å². The van der Waals surface area contributed by atoms with Crippen molar-refractivity contribution in [1.82, 2.24) is 0 Å². The van der Waals surface area contributed by atoms with Crippen molar-refractivity contribution < 1.29 is 9.53 Å². The van der Waals surface area contributed by atoms with E-state index >= 15 is 0 Å². The molecule has 0 radical (unpaired) electrons. The Morgan fingerprint density at radius 2 is 1.81 bits per heavy atom. The minimum atomic E-state index is -0.485. The van der Waals surface area contributed by atoms with Gasteiger partial charge in [0.25, 0.3) is 0 Å². The van der Waals surface area contributed by atoms with E-state index in [0.717, 1.165) is 15.6 Å². The monoisotopic (exact) mass is 361 g/mol. The molecule has 3 rings (SSSR count). The molecule has 1 aliphatic heterocycles. The predicted octanol–water partition coefficient (Wildman–Crippen LogP) is 4.45. The molecule has 0 aliphatic carbocycles. The van der Waals surface area contributed by atoms with Gasteiger partial charge in [-0.2, -0.15) is 0 Å². The molecular weight excluding hydrogens is 354 g/mol. The Bertz CT molecular complexity index is 783. The van der Waals surface area contributed by atoms with Crippen LogP contribution in [0.3, 0.4) is 0 Å². The maximum Gasteiger partial charge on any atom is 0.363 e. The molecule has 0 saturated carbocycles. The van der Waals surface area contributed by atoms with Gasteiger partial charge in [-0.15, -0.1) is 0 Å². The molecule has 2 aromatic carbocycles. The first-order chi connectivity index (χ1) is 10.1. The number of cyclic esters (lactones) is 1. The number of carbonyl (C=O) groups is 1. The maximum atomic E-state index is 11.9. The molecule has 0 bridgehead atoms. The van der Waals surface area contributed by atoms with E-state index in [1.165, 1.54) is 0 Å². The van der Waals surface area contributed by atoms with Gasteiger partial charge >= 0.3 is 5.97 Å². The lowest BCUT2D eigenvalue weighted by Crippen LogP contribution is -2.05. The van der Waals surface area contributed by atoms with Gasteiger partial charge in [0.05, 0.1) is 5.56 Å². The highest BCUT2D eigenvalue weighted by molar-refractivity contribution is 9.10. The van der Waals surface area contributed by atoms with Gasteiger partial charge in [-0.05, 0) is 45.8 Å². The van der Waals surface area contributed by atoms with Crippen LogP contribution in [0.4, 0.5) is 0 Å². The molecule has 0 N–H and O–H groups in total. The Morgan fingerprint density at radius 3 is 2.57 bits per heavy atom. The molecule has 1 aliphatic rings. The third-order valence-electron chi connectivity index (χ3n) is 2.92. The highest BCUT2D eigenvalue weighted by Gasteiger charge is 2.25. The smallest absolute Gasteiger partial charge is 0.363 e. The van der Waals surface area contributed by atoms with E-state index in [4.69, 9.17) is 16.3 Å². The summed E-state index contributed by atoms with van der Waals surface area (Å²) in [6, 6.07) is 14.7. The van der Waals surface area contributed by atoms with Crippen LogP contribution < -0.4 is 0 Å². The van der Waals surface area contributed by atoms with Crippen LogP contribution in [0.5, 0.6) is 0 Å². The number of hydrogen-bond acceptors (Lipinski definition) is 3. The molecule has 21 heavy (non-hydrogen) atoms. The summed E-state index contributed by atoms with van der Waals surface area (Å²) in [6.07, 6.45) is 1.62. The Kier molecular flexibility index (Phi) is 3.90. The molecule has 104 valence electrons. The average molecular weight is 363 g/mol. The molecule has 5 heteroatoms. The van der Waals surface area contributed by atoms with Gasteiger partial charge in [0.2, 0.25) is 5.90 Å². The Hall–Kier alpha value is -1.91. The largest absolute Gasteiger partial charge is 0.402 e. The fourth-order valence-corrected chi connectivity index (χ4v) is 2.54. The zero-order chi connectivity index (χ0) is 14.8. The van der Waals surface area contributed by atoms with Crippen molar-refractivity contribution in [2.75, 3.05) is 0 Å². The number of hydrogen-bond donors (Lipinski definition) is 0. The van der Waals surface area contributed by atoms with Crippen molar-refractivity contribution in [2.24, 2.45) is 4.99 Å². The molecule has 0 aromatic heterocycles. The van der Waals surface area contributed by atoms with E-state index in [9.17, 15) is 4.79 Å². The van der Waals surface area contributed by atoms with Crippen molar-refractivity contribution in [3.05, 3.63) is 74.9 Å². The molecule has 0 spiro atoms. The van der Waals surface area contributed by atoms with Crippen LogP contribution >= 0.6 is 27.5 Å². The molecular formula is C16H9BrClNO2. The average Bonchev–Trinajstić information content (AvgIpc) is 2.83. The number of rotatable bonds is 2. The Morgan fingerprint density at radius 1 is 1.10 bits per heavy atom. The van der Waals surface area contributed by atoms with Crippen LogP contribution in [0.15, 0.2) is 63.7 Å². The third kappa shape index (κ3) is 2.91. The number of ether oxygens (including phenoxy) is 1. The van der Waals surface area contributed by atoms with E-state index in [1.54, 1.807) is 12.1 Å². The van der Waals surface area contributed by atoms with Crippen molar-refractivity contribution >= 4 is 45.5 Å². The summed E-state index contributed by atoms with van der Waals surface area (Å²) in [6.45, 7) is 0. The molecule has 0 amide bonds. The summed E-state index contributed by atoms with van der Waals surface area (Å²) < 4.78 is 6.04. The summed E-state index contributed by atoms with van der Waals surface area (Å²) in [5, 5.41) is 0.558. The van der Waals surface area contributed by atoms with Crippen LogP contribution in [-0.2, 0) is 9.53 Å². The molecule has 0 atom stereocenters. The van der Waals surface area contributed by atoms with Crippen LogP contribution in [-0.4, -0.2) is 11.9 Å². The van der Waals surface area contributed by atoms with Crippen LogP contribution in [0.25, 0.3) is 6.08 Å². The molecule has 2 aromatic rings. The summed E-state index contributed by atoms with van der Waals surface area (Å²) in [7, 11) is 0. The maximum absolute atomic E-state index is 11.9. The lowest BCUT2D eigenvalue weighted by Gasteiger charge is -2.01. The fourth-order valence-electron chi connectivity index (χ4n) is 1.90. The lowest BCUT2D eigenvalue weighted by atomic mass is 10.2. The van der Waals surface area contributed by atoms with Crippen LogP contribution in [0.1, 0.15) is 11.1 Å². The number of esters is 1. The molecule has 0 fully saturated rings. The van der Waals surface area contributed by atoms with E-state index < -0.39 is 5.97 Å². The second-order valence-electron chi connectivity index (χ2n) is 4.34. The topological polar surface area (TPSA) is 38.7 Å². The quantitative estimate of drug-likeness (QED) is 0.585. The molecule has 3 nitrogen and oxygen atoms in total. The van der Waals surface area contributed by atoms with Crippen LogP contribution in [0.2, 0.25) is 5.02 Å². The lowest BCUT2D eigenvalue weighted by molar-refractivity contribution is -0.129. The van der Waals surface area contributed by atoms with Gasteiger partial charge in [-0.25, -0.2) is 9.79 Å². The van der Waals surface area contributed by atoms with E-state index in [2.05, 4.69) is 20.9 Å². The van der Waals surface area contributed by atoms with Gasteiger partial charge in [-0.3, -0.25) is 0 Å². The number of carbonyl (C=O) groups excluding carboxylic acids is 1. The van der Waals surface area contributed by atoms with E-state index in [1.807, 2.05) is 42.5 Å². The summed E-state index contributed by atoms with van der Waals surface area (Å²) in [4.78, 5) is 16.2. The van der Waals surface area contributed by atoms with Crippen LogP contribution in [0, 0.1) is 0 Å². The minimum absolute atomic E-state index is 0.230. The van der Waals surface area contributed by atoms with Crippen molar-refractivity contribution in [1.29, 1.82) is 0 Å². The van der Waals surface area contributed by atoms with Gasteiger partial charge in [-0.1, -0.05) is 41.9 Å². The zero-order valence-corrected chi connectivity index (χ0v) is 13.1. The fraction of sp³-hybridized carbons (Fsp3) is 0. The molecule has 1 heterocycles. The first kappa shape index (κ1) is 14.0. The first-order valence-electron chi connectivity index (χ1n) is 6.17. The standard InChI is InChI=1S/C16H9BrClNO2/c17-12-7-3-2-6-11(12)15-19-14(16(20)21-15)9-10-5-1-4-8-13(10)18/h1-9H. The molecule has 0 unspecified atom stereocenters. The predicted molar refractivity (Wildman–Crippen MR) is 86.2 cm³/mol. The van der Waals surface area contributed by atoms with Gasteiger partial charge < -0.3 is 4.74 Å². The second-order valence-corrected chi connectivity index (χ2v) is 5.60. The first-order valence-corrected chi connectivity index (χ1v) is 7.34. The van der Waals surface area contributed by atoms with E-state index in [-0.39, 0.29) is 11.6 Å².